The van der Waals surface area contributed by atoms with Gasteiger partial charge in [0.2, 0.25) is 0 Å². The predicted octanol–water partition coefficient (Wildman–Crippen LogP) is 12.4. The van der Waals surface area contributed by atoms with E-state index in [1.54, 1.807) is 0 Å². The number of para-hydroxylation sites is 1. The molecule has 0 aliphatic carbocycles. The van der Waals surface area contributed by atoms with Gasteiger partial charge >= 0.3 is 5.97 Å². The molecule has 0 spiro atoms. The lowest BCUT2D eigenvalue weighted by Gasteiger charge is -2.34. The van der Waals surface area contributed by atoms with E-state index < -0.39 is 5.97 Å². The van der Waals surface area contributed by atoms with E-state index in [2.05, 4.69) is 133 Å². The van der Waals surface area contributed by atoms with Crippen LogP contribution in [0.15, 0.2) is 61.2 Å². The van der Waals surface area contributed by atoms with Gasteiger partial charge in [0.05, 0.1) is 6.61 Å². The van der Waals surface area contributed by atoms with Gasteiger partial charge in [0, 0.05) is 34.2 Å². The molecular weight excluding hydrogens is 617 g/mol. The van der Waals surface area contributed by atoms with Gasteiger partial charge in [-0.2, -0.15) is 0 Å². The Morgan fingerprint density at radius 2 is 1.30 bits per heavy atom. The molecule has 274 valence electrons. The first kappa shape index (κ1) is 40.9. The maximum absolute atomic E-state index is 12.7. The number of phenolic OH excluding ortho intramolecular Hbond substituents is 1. The minimum Gasteiger partial charge on any atom is -0.507 e. The monoisotopic (exact) mass is 682 g/mol. The fourth-order valence-electron chi connectivity index (χ4n) is 6.27. The van der Waals surface area contributed by atoms with Gasteiger partial charge in [-0.15, -0.1) is 0 Å². The van der Waals surface area contributed by atoms with Crippen molar-refractivity contribution in [2.24, 2.45) is 0 Å². The van der Waals surface area contributed by atoms with E-state index in [0.717, 1.165) is 66.7 Å². The Balaban J connectivity index is 0.000000569. The van der Waals surface area contributed by atoms with Crippen molar-refractivity contribution in [2.45, 2.75) is 156 Å². The molecule has 1 N–H and O–H groups in total. The van der Waals surface area contributed by atoms with E-state index in [1.807, 2.05) is 12.1 Å². The summed E-state index contributed by atoms with van der Waals surface area (Å²) < 4.78 is 11.5. The smallest absolute Gasteiger partial charge is 0.335 e. The van der Waals surface area contributed by atoms with Gasteiger partial charge in [0.1, 0.15) is 17.2 Å². The number of aryl methyl sites for hydroxylation is 1. The molecule has 4 nitrogen and oxygen atoms in total. The Hall–Kier alpha value is -3.53. The summed E-state index contributed by atoms with van der Waals surface area (Å²) in [7, 11) is 0. The van der Waals surface area contributed by atoms with Crippen molar-refractivity contribution in [2.75, 3.05) is 6.61 Å². The lowest BCUT2D eigenvalue weighted by atomic mass is 9.71. The number of carbonyl (C=O) groups is 1. The van der Waals surface area contributed by atoms with E-state index in [-0.39, 0.29) is 27.6 Å². The number of rotatable bonds is 12. The van der Waals surface area contributed by atoms with Crippen molar-refractivity contribution >= 4 is 5.97 Å². The molecule has 0 radical (unpaired) electrons. The number of hydrogen-bond acceptors (Lipinski definition) is 4. The Kier molecular flexibility index (Phi) is 13.3. The highest BCUT2D eigenvalue weighted by Gasteiger charge is 2.34. The Labute approximate surface area is 304 Å². The standard InChI is InChI=1S/C37H56O3.C9H10O/c1-15-31(38)40-33-28(21-26(35(9,10)17-3)23-30(33)37(13,14)19-5)24(6)27-20-25(34(7,8)16-2)22-29(32(27)39)36(11,12)18-4;1-2-6-9-8(4-1)5-3-7-10-9/h15,20-24,39H,1,16-19H2,2-14H3;1-2,4,6H,3,5,7H2. The summed E-state index contributed by atoms with van der Waals surface area (Å²) in [4.78, 5) is 12.7. The lowest BCUT2D eigenvalue weighted by molar-refractivity contribution is -0.129. The number of aromatic hydroxyl groups is 1. The largest absolute Gasteiger partial charge is 0.507 e. The fourth-order valence-corrected chi connectivity index (χ4v) is 6.27. The van der Waals surface area contributed by atoms with Crippen LogP contribution >= 0.6 is 0 Å². The third-order valence-corrected chi connectivity index (χ3v) is 11.9. The molecule has 1 aliphatic heterocycles. The van der Waals surface area contributed by atoms with Crippen molar-refractivity contribution in [3.05, 3.63) is 100 Å². The van der Waals surface area contributed by atoms with Gasteiger partial charge in [-0.05, 0) is 82.9 Å². The first-order chi connectivity index (χ1) is 23.3. The number of fused-ring (bicyclic) bond motifs is 1. The zero-order chi connectivity index (χ0) is 37.7. The molecule has 1 atom stereocenters. The van der Waals surface area contributed by atoms with E-state index >= 15 is 0 Å². The van der Waals surface area contributed by atoms with Gasteiger partial charge in [-0.25, -0.2) is 4.79 Å². The normalized spacial score (nSPS) is 14.1. The van der Waals surface area contributed by atoms with Crippen molar-refractivity contribution in [1.29, 1.82) is 0 Å². The second-order valence-electron chi connectivity index (χ2n) is 16.8. The maximum atomic E-state index is 12.7. The molecule has 0 saturated carbocycles. The number of hydrogen-bond donors (Lipinski definition) is 1. The van der Waals surface area contributed by atoms with Crippen LogP contribution < -0.4 is 9.47 Å². The van der Waals surface area contributed by atoms with E-state index in [0.29, 0.717) is 11.5 Å². The zero-order valence-corrected chi connectivity index (χ0v) is 33.6. The average molecular weight is 683 g/mol. The van der Waals surface area contributed by atoms with E-state index in [1.165, 1.54) is 29.2 Å². The number of carbonyl (C=O) groups excluding carboxylic acids is 1. The number of phenols is 1. The Morgan fingerprint density at radius 3 is 1.82 bits per heavy atom. The number of ether oxygens (including phenoxy) is 2. The fraction of sp³-hybridized carbons (Fsp3) is 0.543. The molecule has 0 bridgehead atoms. The summed E-state index contributed by atoms with van der Waals surface area (Å²) in [6, 6.07) is 17.1. The quantitative estimate of drug-likeness (QED) is 0.117. The molecule has 4 rings (SSSR count). The maximum Gasteiger partial charge on any atom is 0.335 e. The van der Waals surface area contributed by atoms with Crippen LogP contribution in [0.2, 0.25) is 0 Å². The third kappa shape index (κ3) is 9.03. The topological polar surface area (TPSA) is 55.8 Å². The molecular formula is C46H66O4. The van der Waals surface area contributed by atoms with Crippen LogP contribution in [0.3, 0.4) is 0 Å². The summed E-state index contributed by atoms with van der Waals surface area (Å²) in [6.07, 6.45) is 7.31. The van der Waals surface area contributed by atoms with Gasteiger partial charge < -0.3 is 14.6 Å². The van der Waals surface area contributed by atoms with Crippen LogP contribution in [0.25, 0.3) is 0 Å². The minimum absolute atomic E-state index is 0.0553. The first-order valence-corrected chi connectivity index (χ1v) is 18.9. The molecule has 0 fully saturated rings. The van der Waals surface area contributed by atoms with E-state index in [4.69, 9.17) is 9.47 Å². The summed E-state index contributed by atoms with van der Waals surface area (Å²) in [6.45, 7) is 33.3. The van der Waals surface area contributed by atoms with Gasteiger partial charge in [0.15, 0.2) is 0 Å². The first-order valence-electron chi connectivity index (χ1n) is 18.9. The average Bonchev–Trinajstić information content (AvgIpc) is 3.11. The second kappa shape index (κ2) is 16.2. The SMILES string of the molecule is C=CC(=O)Oc1c(C(C)c2cc(C(C)(C)CC)cc(C(C)(C)CC)c2O)cc(C(C)(C)CC)cc1C(C)(C)CC.c1ccc2c(c1)CCCO2. The van der Waals surface area contributed by atoms with Crippen LogP contribution in [0.5, 0.6) is 17.2 Å². The highest BCUT2D eigenvalue weighted by Crippen LogP contribution is 2.48. The summed E-state index contributed by atoms with van der Waals surface area (Å²) in [5.41, 5.74) is 7.02. The van der Waals surface area contributed by atoms with Crippen LogP contribution in [-0.4, -0.2) is 17.7 Å². The van der Waals surface area contributed by atoms with Crippen molar-refractivity contribution < 1.29 is 19.4 Å². The molecule has 3 aromatic carbocycles. The highest BCUT2D eigenvalue weighted by atomic mass is 16.5. The molecule has 0 amide bonds. The number of benzene rings is 3. The zero-order valence-electron chi connectivity index (χ0n) is 33.6. The van der Waals surface area contributed by atoms with Crippen LogP contribution in [-0.2, 0) is 32.9 Å². The molecule has 50 heavy (non-hydrogen) atoms. The van der Waals surface area contributed by atoms with Crippen LogP contribution in [0.4, 0.5) is 0 Å². The molecule has 0 saturated heterocycles. The highest BCUT2D eigenvalue weighted by molar-refractivity contribution is 5.84. The van der Waals surface area contributed by atoms with Gasteiger partial charge in [-0.3, -0.25) is 0 Å². The summed E-state index contributed by atoms with van der Waals surface area (Å²) in [5.74, 6) is 1.32. The summed E-state index contributed by atoms with van der Waals surface area (Å²) >= 11 is 0. The second-order valence-corrected chi connectivity index (χ2v) is 16.8. The van der Waals surface area contributed by atoms with Crippen molar-refractivity contribution in [1.82, 2.24) is 0 Å². The Bertz CT molecular complexity index is 1610. The van der Waals surface area contributed by atoms with Crippen molar-refractivity contribution in [3.63, 3.8) is 0 Å². The lowest BCUT2D eigenvalue weighted by Crippen LogP contribution is -2.24. The molecule has 1 aliphatic rings. The molecule has 4 heteroatoms. The summed E-state index contributed by atoms with van der Waals surface area (Å²) in [5, 5.41) is 11.9. The number of esters is 1. The molecule has 1 heterocycles. The third-order valence-electron chi connectivity index (χ3n) is 11.9. The van der Waals surface area contributed by atoms with Crippen LogP contribution in [0, 0.1) is 0 Å². The van der Waals surface area contributed by atoms with Gasteiger partial charge in [0.25, 0.3) is 0 Å². The molecule has 1 unspecified atom stereocenters. The molecule has 3 aromatic rings. The van der Waals surface area contributed by atoms with Gasteiger partial charge in [-0.1, -0.05) is 139 Å². The minimum atomic E-state index is -0.470. The Morgan fingerprint density at radius 1 is 0.800 bits per heavy atom. The van der Waals surface area contributed by atoms with Crippen LogP contribution in [0.1, 0.15) is 167 Å². The van der Waals surface area contributed by atoms with E-state index in [9.17, 15) is 9.90 Å². The molecule has 0 aromatic heterocycles. The van der Waals surface area contributed by atoms with Crippen molar-refractivity contribution in [3.8, 4) is 17.2 Å². The predicted molar refractivity (Wildman–Crippen MR) is 211 cm³/mol.